The molecule has 1 aromatic rings. The Hall–Kier alpha value is -0.670. The van der Waals surface area contributed by atoms with Crippen LogP contribution >= 0.6 is 11.6 Å². The van der Waals surface area contributed by atoms with Crippen LogP contribution in [0.5, 0.6) is 0 Å². The number of aromatic nitrogens is 2. The maximum Gasteiger partial charge on any atom is 0.160 e. The van der Waals surface area contributed by atoms with E-state index in [1.807, 2.05) is 0 Å². The van der Waals surface area contributed by atoms with Gasteiger partial charge in [-0.15, -0.1) is 11.6 Å². The summed E-state index contributed by atoms with van der Waals surface area (Å²) in [7, 11) is 1.72. The summed E-state index contributed by atoms with van der Waals surface area (Å²) in [5, 5.41) is 0. The molecule has 0 aliphatic heterocycles. The highest BCUT2D eigenvalue weighted by Crippen LogP contribution is 2.42. The van der Waals surface area contributed by atoms with E-state index in [9.17, 15) is 0 Å². The molecule has 0 bridgehead atoms. The Morgan fingerprint density at radius 3 is 2.43 bits per heavy atom. The lowest BCUT2D eigenvalue weighted by atomic mass is 9.79. The van der Waals surface area contributed by atoms with Gasteiger partial charge < -0.3 is 4.74 Å². The molecule has 3 nitrogen and oxygen atoms in total. The minimum atomic E-state index is -0.217. The van der Waals surface area contributed by atoms with Gasteiger partial charge in [-0.25, -0.2) is 9.97 Å². The summed E-state index contributed by atoms with van der Waals surface area (Å²) in [4.78, 5) is 8.59. The van der Waals surface area contributed by atoms with E-state index in [4.69, 9.17) is 16.3 Å². The fourth-order valence-electron chi connectivity index (χ4n) is 1.68. The highest BCUT2D eigenvalue weighted by Gasteiger charge is 2.41. The Bertz CT molecular complexity index is 303. The number of hydrogen-bond acceptors (Lipinski definition) is 3. The molecular weight excluding hydrogens is 200 g/mol. The zero-order valence-corrected chi connectivity index (χ0v) is 8.92. The molecule has 0 spiro atoms. The summed E-state index contributed by atoms with van der Waals surface area (Å²) in [6.45, 7) is 0. The first-order valence-electron chi connectivity index (χ1n) is 4.73. The second-order valence-corrected chi connectivity index (χ2v) is 3.87. The Morgan fingerprint density at radius 1 is 1.43 bits per heavy atom. The molecule has 1 fully saturated rings. The largest absolute Gasteiger partial charge is 0.370 e. The molecular formula is C10H13ClN2O. The quantitative estimate of drug-likeness (QED) is 0.721. The number of alkyl halides is 1. The highest BCUT2D eigenvalue weighted by atomic mass is 35.5. The van der Waals surface area contributed by atoms with Gasteiger partial charge in [-0.2, -0.15) is 0 Å². The van der Waals surface area contributed by atoms with Gasteiger partial charge in [0.1, 0.15) is 5.60 Å². The van der Waals surface area contributed by atoms with Crippen molar-refractivity contribution in [2.24, 2.45) is 0 Å². The maximum absolute atomic E-state index is 5.66. The minimum Gasteiger partial charge on any atom is -0.370 e. The molecule has 0 saturated heterocycles. The summed E-state index contributed by atoms with van der Waals surface area (Å²) < 4.78 is 5.48. The van der Waals surface area contributed by atoms with Crippen LogP contribution in [0.25, 0.3) is 0 Å². The minimum absolute atomic E-state index is 0.217. The normalized spacial score (nSPS) is 19.0. The fourth-order valence-corrected chi connectivity index (χ4v) is 1.81. The summed E-state index contributed by atoms with van der Waals surface area (Å²) in [6.07, 6.45) is 6.77. The molecule has 1 aliphatic rings. The van der Waals surface area contributed by atoms with E-state index in [0.717, 1.165) is 24.2 Å². The molecule has 0 amide bonds. The van der Waals surface area contributed by atoms with Crippen LogP contribution in [0.4, 0.5) is 0 Å². The van der Waals surface area contributed by atoms with Crippen LogP contribution in [0.2, 0.25) is 0 Å². The van der Waals surface area contributed by atoms with Gasteiger partial charge >= 0.3 is 0 Å². The second kappa shape index (κ2) is 3.83. The van der Waals surface area contributed by atoms with Crippen LogP contribution in [-0.4, -0.2) is 17.1 Å². The Balaban J connectivity index is 2.23. The first-order valence-corrected chi connectivity index (χ1v) is 5.27. The van der Waals surface area contributed by atoms with Gasteiger partial charge in [0.25, 0.3) is 0 Å². The third-order valence-corrected chi connectivity index (χ3v) is 3.13. The molecule has 76 valence electrons. The maximum atomic E-state index is 5.66. The number of methoxy groups -OCH3 is 1. The lowest BCUT2D eigenvalue weighted by Crippen LogP contribution is -2.37. The molecule has 0 radical (unpaired) electrons. The van der Waals surface area contributed by atoms with Crippen molar-refractivity contribution in [1.29, 1.82) is 0 Å². The molecule has 0 N–H and O–H groups in total. The molecule has 0 atom stereocenters. The summed E-state index contributed by atoms with van der Waals surface area (Å²) in [5.74, 6) is 1.25. The van der Waals surface area contributed by atoms with Crippen molar-refractivity contribution in [3.05, 3.63) is 23.8 Å². The van der Waals surface area contributed by atoms with E-state index in [2.05, 4.69) is 9.97 Å². The summed E-state index contributed by atoms with van der Waals surface area (Å²) in [5.41, 5.74) is 0.728. The summed E-state index contributed by atoms with van der Waals surface area (Å²) >= 11 is 5.66. The predicted molar refractivity (Wildman–Crippen MR) is 54.1 cm³/mol. The zero-order chi connectivity index (χ0) is 10.0. The van der Waals surface area contributed by atoms with Crippen LogP contribution in [0.3, 0.4) is 0 Å². The van der Waals surface area contributed by atoms with Gasteiger partial charge in [-0.3, -0.25) is 0 Å². The number of rotatable bonds is 3. The van der Waals surface area contributed by atoms with Crippen LogP contribution < -0.4 is 0 Å². The van der Waals surface area contributed by atoms with E-state index in [0.29, 0.717) is 5.88 Å². The van der Waals surface area contributed by atoms with E-state index in [1.54, 1.807) is 19.5 Å². The number of ether oxygens (including phenoxy) is 1. The molecule has 1 saturated carbocycles. The molecule has 1 heterocycles. The van der Waals surface area contributed by atoms with Crippen molar-refractivity contribution in [1.82, 2.24) is 9.97 Å². The van der Waals surface area contributed by atoms with E-state index >= 15 is 0 Å². The molecule has 2 rings (SSSR count). The molecule has 14 heavy (non-hydrogen) atoms. The van der Waals surface area contributed by atoms with Crippen LogP contribution in [0.15, 0.2) is 12.4 Å². The van der Waals surface area contributed by atoms with Crippen LogP contribution in [0, 0.1) is 0 Å². The predicted octanol–water partition coefficient (Wildman–Crippen LogP) is 2.24. The summed E-state index contributed by atoms with van der Waals surface area (Å²) in [6, 6.07) is 0. The Kier molecular flexibility index (Phi) is 2.70. The number of hydrogen-bond donors (Lipinski definition) is 0. The first kappa shape index (κ1) is 9.87. The molecule has 4 heteroatoms. The number of halogens is 1. The van der Waals surface area contributed by atoms with Crippen molar-refractivity contribution in [3.8, 4) is 0 Å². The van der Waals surface area contributed by atoms with Crippen LogP contribution in [-0.2, 0) is 16.2 Å². The highest BCUT2D eigenvalue weighted by molar-refractivity contribution is 6.17. The topological polar surface area (TPSA) is 35.0 Å². The Morgan fingerprint density at radius 2 is 2.07 bits per heavy atom. The van der Waals surface area contributed by atoms with Gasteiger partial charge in [0.2, 0.25) is 0 Å². The third kappa shape index (κ3) is 1.51. The average Bonchev–Trinajstić information content (AvgIpc) is 2.18. The van der Waals surface area contributed by atoms with Crippen molar-refractivity contribution in [2.75, 3.05) is 7.11 Å². The van der Waals surface area contributed by atoms with E-state index < -0.39 is 0 Å². The molecule has 0 aromatic carbocycles. The smallest absolute Gasteiger partial charge is 0.160 e. The fraction of sp³-hybridized carbons (Fsp3) is 0.600. The van der Waals surface area contributed by atoms with Crippen molar-refractivity contribution >= 4 is 11.6 Å². The first-order chi connectivity index (χ1) is 6.80. The lowest BCUT2D eigenvalue weighted by molar-refractivity contribution is -0.0846. The van der Waals surface area contributed by atoms with E-state index in [-0.39, 0.29) is 5.60 Å². The van der Waals surface area contributed by atoms with Gasteiger partial charge in [0.15, 0.2) is 5.82 Å². The van der Waals surface area contributed by atoms with Gasteiger partial charge in [0, 0.05) is 25.1 Å². The van der Waals surface area contributed by atoms with Gasteiger partial charge in [-0.1, -0.05) is 0 Å². The molecule has 1 aromatic heterocycles. The SMILES string of the molecule is COC1(c2ncc(CCl)cn2)CCC1. The standard InChI is InChI=1S/C10H13ClN2O/c1-14-10(3-2-4-10)9-12-6-8(5-11)7-13-9/h6-7H,2-5H2,1H3. The van der Waals surface area contributed by atoms with Crippen molar-refractivity contribution < 1.29 is 4.74 Å². The molecule has 0 unspecified atom stereocenters. The van der Waals surface area contributed by atoms with E-state index in [1.165, 1.54) is 6.42 Å². The average molecular weight is 213 g/mol. The van der Waals surface area contributed by atoms with Gasteiger partial charge in [0.05, 0.1) is 5.88 Å². The lowest BCUT2D eigenvalue weighted by Gasteiger charge is -2.38. The second-order valence-electron chi connectivity index (χ2n) is 3.60. The van der Waals surface area contributed by atoms with Crippen molar-refractivity contribution in [2.45, 2.75) is 30.7 Å². The zero-order valence-electron chi connectivity index (χ0n) is 8.16. The molecule has 1 aliphatic carbocycles. The van der Waals surface area contributed by atoms with Gasteiger partial charge in [-0.05, 0) is 19.3 Å². The Labute approximate surface area is 88.5 Å². The van der Waals surface area contributed by atoms with Crippen molar-refractivity contribution in [3.63, 3.8) is 0 Å². The third-order valence-electron chi connectivity index (χ3n) is 2.82. The monoisotopic (exact) mass is 212 g/mol. The number of nitrogens with zero attached hydrogens (tertiary/aromatic N) is 2. The van der Waals surface area contributed by atoms with Crippen LogP contribution in [0.1, 0.15) is 30.7 Å².